The molecular weight excluding hydrogens is 272 g/mol. The summed E-state index contributed by atoms with van der Waals surface area (Å²) in [6.45, 7) is 2.13. The van der Waals surface area contributed by atoms with Crippen LogP contribution in [0.4, 0.5) is 14.5 Å². The number of rotatable bonds is 5. The summed E-state index contributed by atoms with van der Waals surface area (Å²) in [5.74, 6) is -2.07. The van der Waals surface area contributed by atoms with Crippen LogP contribution in [0.1, 0.15) is 35.7 Å². The van der Waals surface area contributed by atoms with Gasteiger partial charge in [-0.15, -0.1) is 0 Å². The molecule has 0 radical (unpaired) electrons. The molecule has 0 bridgehead atoms. The molecule has 2 aromatic carbocycles. The fourth-order valence-corrected chi connectivity index (χ4v) is 2.02. The Morgan fingerprint density at radius 1 is 1.05 bits per heavy atom. The van der Waals surface area contributed by atoms with Crippen molar-refractivity contribution in [3.8, 4) is 0 Å². The molecule has 0 fully saturated rings. The van der Waals surface area contributed by atoms with Gasteiger partial charge in [-0.1, -0.05) is 25.5 Å². The van der Waals surface area contributed by atoms with Crippen molar-refractivity contribution < 1.29 is 13.6 Å². The van der Waals surface area contributed by atoms with E-state index in [1.165, 1.54) is 5.56 Å². The van der Waals surface area contributed by atoms with Crippen molar-refractivity contribution in [1.82, 2.24) is 0 Å². The van der Waals surface area contributed by atoms with Crippen LogP contribution < -0.4 is 5.32 Å². The first-order valence-electron chi connectivity index (χ1n) is 6.95. The largest absolute Gasteiger partial charge is 0.322 e. The molecule has 0 heterocycles. The monoisotopic (exact) mass is 289 g/mol. The normalized spacial score (nSPS) is 10.4. The van der Waals surface area contributed by atoms with Gasteiger partial charge >= 0.3 is 0 Å². The number of carbonyl (C=O) groups is 1. The highest BCUT2D eigenvalue weighted by atomic mass is 19.1. The molecule has 2 aromatic rings. The molecule has 0 aromatic heterocycles. The van der Waals surface area contributed by atoms with Crippen molar-refractivity contribution in [2.75, 3.05) is 5.32 Å². The number of unbranched alkanes of at least 4 members (excludes halogenated alkanes) is 1. The van der Waals surface area contributed by atoms with Gasteiger partial charge in [-0.3, -0.25) is 4.79 Å². The second-order valence-corrected chi connectivity index (χ2v) is 4.91. The van der Waals surface area contributed by atoms with Crippen molar-refractivity contribution in [2.24, 2.45) is 0 Å². The molecular formula is C17H17F2NO. The molecule has 0 unspecified atom stereocenters. The molecule has 0 aliphatic carbocycles. The third-order valence-corrected chi connectivity index (χ3v) is 3.16. The summed E-state index contributed by atoms with van der Waals surface area (Å²) in [5, 5.41) is 2.62. The van der Waals surface area contributed by atoms with Crippen molar-refractivity contribution in [3.63, 3.8) is 0 Å². The van der Waals surface area contributed by atoms with Gasteiger partial charge in [0.1, 0.15) is 11.6 Å². The van der Waals surface area contributed by atoms with E-state index in [0.717, 1.165) is 37.5 Å². The fourth-order valence-electron chi connectivity index (χ4n) is 2.02. The number of hydrogen-bond acceptors (Lipinski definition) is 1. The Bertz CT molecular complexity index is 603. The van der Waals surface area contributed by atoms with Gasteiger partial charge in [0.05, 0.1) is 0 Å². The van der Waals surface area contributed by atoms with Gasteiger partial charge in [-0.05, 0) is 42.7 Å². The highest BCUT2D eigenvalue weighted by Crippen LogP contribution is 2.14. The van der Waals surface area contributed by atoms with Crippen LogP contribution >= 0.6 is 0 Å². The van der Waals surface area contributed by atoms with Crippen molar-refractivity contribution in [3.05, 3.63) is 65.2 Å². The molecule has 0 spiro atoms. The minimum Gasteiger partial charge on any atom is -0.322 e. The number of amides is 1. The van der Waals surface area contributed by atoms with Gasteiger partial charge in [-0.25, -0.2) is 8.78 Å². The second kappa shape index (κ2) is 6.97. The summed E-state index contributed by atoms with van der Waals surface area (Å²) >= 11 is 0. The summed E-state index contributed by atoms with van der Waals surface area (Å²) in [7, 11) is 0. The summed E-state index contributed by atoms with van der Waals surface area (Å²) < 4.78 is 26.2. The Labute approximate surface area is 122 Å². The van der Waals surface area contributed by atoms with Crippen molar-refractivity contribution >= 4 is 11.6 Å². The van der Waals surface area contributed by atoms with Crippen LogP contribution in [0.25, 0.3) is 0 Å². The molecule has 0 atom stereocenters. The number of benzene rings is 2. The Morgan fingerprint density at radius 2 is 1.67 bits per heavy atom. The number of carbonyl (C=O) groups excluding carboxylic acids is 1. The lowest BCUT2D eigenvalue weighted by molar-refractivity contribution is 0.102. The first-order chi connectivity index (χ1) is 10.1. The fraction of sp³-hybridized carbons (Fsp3) is 0.235. The molecule has 4 heteroatoms. The van der Waals surface area contributed by atoms with Crippen LogP contribution in [0.5, 0.6) is 0 Å². The van der Waals surface area contributed by atoms with Crippen molar-refractivity contribution in [2.45, 2.75) is 26.2 Å². The molecule has 0 aliphatic heterocycles. The average molecular weight is 289 g/mol. The van der Waals surface area contributed by atoms with Gasteiger partial charge in [0.15, 0.2) is 0 Å². The van der Waals surface area contributed by atoms with E-state index in [4.69, 9.17) is 0 Å². The lowest BCUT2D eigenvalue weighted by atomic mass is 10.1. The van der Waals surface area contributed by atoms with Crippen LogP contribution in [-0.4, -0.2) is 5.91 Å². The molecule has 1 N–H and O–H groups in total. The Balaban J connectivity index is 2.05. The van der Waals surface area contributed by atoms with Gasteiger partial charge in [-0.2, -0.15) is 0 Å². The summed E-state index contributed by atoms with van der Waals surface area (Å²) in [5.41, 5.74) is 1.76. The zero-order valence-corrected chi connectivity index (χ0v) is 11.8. The summed E-state index contributed by atoms with van der Waals surface area (Å²) in [4.78, 5) is 11.9. The molecule has 0 saturated heterocycles. The standard InChI is InChI=1S/C17H17F2NO/c1-2-3-4-12-5-7-16(8-6-12)20-17(21)13-9-14(18)11-15(19)10-13/h5-11H,2-4H2,1H3,(H,20,21). The van der Waals surface area contributed by atoms with Crippen LogP contribution in [0, 0.1) is 11.6 Å². The lowest BCUT2D eigenvalue weighted by Gasteiger charge is -2.07. The van der Waals surface area contributed by atoms with E-state index >= 15 is 0 Å². The summed E-state index contributed by atoms with van der Waals surface area (Å²) in [6, 6.07) is 10.2. The van der Waals surface area contributed by atoms with Crippen LogP contribution in [0.3, 0.4) is 0 Å². The molecule has 1 amide bonds. The van der Waals surface area contributed by atoms with Gasteiger partial charge < -0.3 is 5.32 Å². The van der Waals surface area contributed by atoms with E-state index in [2.05, 4.69) is 12.2 Å². The molecule has 0 aliphatic rings. The first kappa shape index (κ1) is 15.2. The maximum atomic E-state index is 13.1. The third kappa shape index (κ3) is 4.38. The minimum atomic E-state index is -0.768. The molecule has 2 nitrogen and oxygen atoms in total. The van der Waals surface area contributed by atoms with E-state index in [1.54, 1.807) is 12.1 Å². The van der Waals surface area contributed by atoms with Crippen molar-refractivity contribution in [1.29, 1.82) is 0 Å². The number of aryl methyl sites for hydroxylation is 1. The molecule has 2 rings (SSSR count). The van der Waals surface area contributed by atoms with Crippen LogP contribution in [0.2, 0.25) is 0 Å². The highest BCUT2D eigenvalue weighted by molar-refractivity contribution is 6.04. The van der Waals surface area contributed by atoms with Crippen LogP contribution in [-0.2, 0) is 6.42 Å². The molecule has 0 saturated carbocycles. The van der Waals surface area contributed by atoms with Gasteiger partial charge in [0.2, 0.25) is 0 Å². The predicted molar refractivity (Wildman–Crippen MR) is 79.4 cm³/mol. The smallest absolute Gasteiger partial charge is 0.255 e. The number of anilines is 1. The zero-order chi connectivity index (χ0) is 15.2. The third-order valence-electron chi connectivity index (χ3n) is 3.16. The average Bonchev–Trinajstić information content (AvgIpc) is 2.45. The highest BCUT2D eigenvalue weighted by Gasteiger charge is 2.09. The SMILES string of the molecule is CCCCc1ccc(NC(=O)c2cc(F)cc(F)c2)cc1. The molecule has 21 heavy (non-hydrogen) atoms. The first-order valence-corrected chi connectivity index (χ1v) is 6.95. The molecule has 110 valence electrons. The van der Waals surface area contributed by atoms with Crippen LogP contribution in [0.15, 0.2) is 42.5 Å². The Morgan fingerprint density at radius 3 is 2.24 bits per heavy atom. The minimum absolute atomic E-state index is 0.0393. The Kier molecular flexibility index (Phi) is 5.04. The van der Waals surface area contributed by atoms with Gasteiger partial charge in [0, 0.05) is 17.3 Å². The maximum Gasteiger partial charge on any atom is 0.255 e. The topological polar surface area (TPSA) is 29.1 Å². The van der Waals surface area contributed by atoms with Gasteiger partial charge in [0.25, 0.3) is 5.91 Å². The predicted octanol–water partition coefficient (Wildman–Crippen LogP) is 4.56. The van der Waals surface area contributed by atoms with E-state index in [0.29, 0.717) is 5.69 Å². The lowest BCUT2D eigenvalue weighted by Crippen LogP contribution is -2.12. The second-order valence-electron chi connectivity index (χ2n) is 4.91. The number of halogens is 2. The summed E-state index contributed by atoms with van der Waals surface area (Å²) in [6.07, 6.45) is 3.25. The van der Waals surface area contributed by atoms with E-state index in [9.17, 15) is 13.6 Å². The Hall–Kier alpha value is -2.23. The van der Waals surface area contributed by atoms with E-state index in [-0.39, 0.29) is 5.56 Å². The maximum absolute atomic E-state index is 13.1. The zero-order valence-electron chi connectivity index (χ0n) is 11.8. The van der Waals surface area contributed by atoms with E-state index < -0.39 is 17.5 Å². The number of hydrogen-bond donors (Lipinski definition) is 1. The number of nitrogens with one attached hydrogen (secondary N) is 1. The van der Waals surface area contributed by atoms with E-state index in [1.807, 2.05) is 12.1 Å². The quantitative estimate of drug-likeness (QED) is 0.859.